The zero-order valence-corrected chi connectivity index (χ0v) is 13.1. The van der Waals surface area contributed by atoms with E-state index in [1.165, 1.54) is 18.3 Å². The van der Waals surface area contributed by atoms with Gasteiger partial charge in [-0.05, 0) is 29.8 Å². The molecule has 0 radical (unpaired) electrons. The van der Waals surface area contributed by atoms with Crippen LogP contribution in [-0.2, 0) is 11.3 Å². The predicted molar refractivity (Wildman–Crippen MR) is 83.9 cm³/mol. The molecule has 1 aliphatic heterocycles. The normalized spacial score (nSPS) is 18.8. The van der Waals surface area contributed by atoms with Crippen LogP contribution in [0.4, 0.5) is 13.2 Å². The second kappa shape index (κ2) is 7.10. The SMILES string of the molecule is O=C(NCc1ccc(Oc2cccnc2)c(F)c1)C1CC(F)(F)CN1. The van der Waals surface area contributed by atoms with E-state index < -0.39 is 36.7 Å². The fraction of sp³-hybridized carbons (Fsp3) is 0.294. The van der Waals surface area contributed by atoms with E-state index in [0.717, 1.165) is 0 Å². The fourth-order valence-corrected chi connectivity index (χ4v) is 2.48. The van der Waals surface area contributed by atoms with Crippen molar-refractivity contribution in [3.8, 4) is 11.5 Å². The number of amides is 1. The molecule has 1 fully saturated rings. The van der Waals surface area contributed by atoms with Crippen LogP contribution >= 0.6 is 0 Å². The first kappa shape index (κ1) is 17.2. The van der Waals surface area contributed by atoms with Crippen LogP contribution in [0, 0.1) is 5.82 Å². The number of nitrogens with zero attached hydrogens (tertiary/aromatic N) is 1. The van der Waals surface area contributed by atoms with Gasteiger partial charge in [0.15, 0.2) is 11.6 Å². The molecular formula is C17H16F3N3O2. The quantitative estimate of drug-likeness (QED) is 0.869. The Bertz CT molecular complexity index is 756. The Morgan fingerprint density at radius 3 is 2.88 bits per heavy atom. The second-order valence-electron chi connectivity index (χ2n) is 5.77. The Balaban J connectivity index is 1.57. The highest BCUT2D eigenvalue weighted by Gasteiger charge is 2.42. The molecule has 0 spiro atoms. The van der Waals surface area contributed by atoms with Crippen LogP contribution in [0.2, 0.25) is 0 Å². The molecule has 1 aliphatic rings. The van der Waals surface area contributed by atoms with Gasteiger partial charge in [-0.3, -0.25) is 15.1 Å². The van der Waals surface area contributed by atoms with Gasteiger partial charge in [0.05, 0.1) is 18.8 Å². The molecule has 0 saturated carbocycles. The summed E-state index contributed by atoms with van der Waals surface area (Å²) in [6.07, 6.45) is 2.49. The number of rotatable bonds is 5. The molecule has 1 aromatic heterocycles. The summed E-state index contributed by atoms with van der Waals surface area (Å²) < 4.78 is 45.6. The van der Waals surface area contributed by atoms with Crippen LogP contribution in [0.25, 0.3) is 0 Å². The van der Waals surface area contributed by atoms with Crippen molar-refractivity contribution in [3.05, 3.63) is 54.1 Å². The zero-order valence-electron chi connectivity index (χ0n) is 13.1. The van der Waals surface area contributed by atoms with E-state index in [0.29, 0.717) is 11.3 Å². The largest absolute Gasteiger partial charge is 0.453 e. The van der Waals surface area contributed by atoms with Crippen molar-refractivity contribution in [1.29, 1.82) is 0 Å². The molecule has 0 aliphatic carbocycles. The Kier molecular flexibility index (Phi) is 4.89. The Morgan fingerprint density at radius 1 is 1.40 bits per heavy atom. The van der Waals surface area contributed by atoms with Crippen LogP contribution in [-0.4, -0.2) is 29.4 Å². The first-order valence-electron chi connectivity index (χ1n) is 7.68. The van der Waals surface area contributed by atoms with Crippen LogP contribution in [0.1, 0.15) is 12.0 Å². The van der Waals surface area contributed by atoms with Crippen molar-refractivity contribution in [2.45, 2.75) is 24.9 Å². The van der Waals surface area contributed by atoms with E-state index in [1.807, 2.05) is 0 Å². The number of hydrogen-bond donors (Lipinski definition) is 2. The standard InChI is InChI=1S/C17H16F3N3O2/c18-13-6-11(3-4-15(13)25-12-2-1-5-21-9-12)8-22-16(24)14-7-17(19,20)10-23-14/h1-6,9,14,23H,7-8,10H2,(H,22,24). The molecule has 1 saturated heterocycles. The average molecular weight is 351 g/mol. The molecule has 3 rings (SSSR count). The van der Waals surface area contributed by atoms with Crippen LogP contribution in [0.5, 0.6) is 11.5 Å². The molecular weight excluding hydrogens is 335 g/mol. The van der Waals surface area contributed by atoms with Gasteiger partial charge in [0.25, 0.3) is 5.92 Å². The van der Waals surface area contributed by atoms with Gasteiger partial charge >= 0.3 is 0 Å². The van der Waals surface area contributed by atoms with Gasteiger partial charge in [0, 0.05) is 19.2 Å². The van der Waals surface area contributed by atoms with E-state index in [9.17, 15) is 18.0 Å². The number of nitrogens with one attached hydrogen (secondary N) is 2. The smallest absolute Gasteiger partial charge is 0.262 e. The molecule has 0 bridgehead atoms. The van der Waals surface area contributed by atoms with E-state index in [2.05, 4.69) is 15.6 Å². The number of hydrogen-bond acceptors (Lipinski definition) is 4. The van der Waals surface area contributed by atoms with Crippen LogP contribution < -0.4 is 15.4 Å². The second-order valence-corrected chi connectivity index (χ2v) is 5.77. The third kappa shape index (κ3) is 4.48. The maximum Gasteiger partial charge on any atom is 0.262 e. The van der Waals surface area contributed by atoms with Crippen molar-refractivity contribution >= 4 is 5.91 Å². The van der Waals surface area contributed by atoms with Gasteiger partial charge < -0.3 is 10.1 Å². The summed E-state index contributed by atoms with van der Waals surface area (Å²) in [5.41, 5.74) is 0.495. The Morgan fingerprint density at radius 2 is 2.24 bits per heavy atom. The summed E-state index contributed by atoms with van der Waals surface area (Å²) >= 11 is 0. The predicted octanol–water partition coefficient (Wildman–Crippen LogP) is 2.63. The molecule has 132 valence electrons. The van der Waals surface area contributed by atoms with Crippen LogP contribution in [0.3, 0.4) is 0 Å². The van der Waals surface area contributed by atoms with Crippen molar-refractivity contribution in [2.24, 2.45) is 0 Å². The number of pyridine rings is 1. The fourth-order valence-electron chi connectivity index (χ4n) is 2.48. The number of ether oxygens (including phenoxy) is 1. The van der Waals surface area contributed by atoms with E-state index in [-0.39, 0.29) is 12.3 Å². The minimum atomic E-state index is -2.88. The van der Waals surface area contributed by atoms with Gasteiger partial charge in [-0.25, -0.2) is 13.2 Å². The van der Waals surface area contributed by atoms with Gasteiger partial charge in [-0.15, -0.1) is 0 Å². The number of halogens is 3. The molecule has 2 heterocycles. The topological polar surface area (TPSA) is 63.2 Å². The molecule has 1 atom stereocenters. The summed E-state index contributed by atoms with van der Waals surface area (Å²) in [5, 5.41) is 4.99. The third-order valence-corrected chi connectivity index (χ3v) is 3.75. The Hall–Kier alpha value is -2.61. The van der Waals surface area contributed by atoms with Crippen molar-refractivity contribution in [3.63, 3.8) is 0 Å². The van der Waals surface area contributed by atoms with Crippen LogP contribution in [0.15, 0.2) is 42.7 Å². The maximum absolute atomic E-state index is 14.1. The number of alkyl halides is 2. The molecule has 1 unspecified atom stereocenters. The summed E-state index contributed by atoms with van der Waals surface area (Å²) in [6.45, 7) is -0.479. The minimum Gasteiger partial charge on any atom is -0.453 e. The molecule has 2 N–H and O–H groups in total. The first-order chi connectivity index (χ1) is 11.9. The average Bonchev–Trinajstić information content (AvgIpc) is 2.96. The lowest BCUT2D eigenvalue weighted by Gasteiger charge is -2.12. The number of carbonyl (C=O) groups excluding carboxylic acids is 1. The lowest BCUT2D eigenvalue weighted by atomic mass is 10.1. The van der Waals surface area contributed by atoms with Gasteiger partial charge in [0.2, 0.25) is 5.91 Å². The molecule has 5 nitrogen and oxygen atoms in total. The van der Waals surface area contributed by atoms with E-state index >= 15 is 0 Å². The first-order valence-corrected chi connectivity index (χ1v) is 7.68. The molecule has 1 amide bonds. The summed E-state index contributed by atoms with van der Waals surface area (Å²) in [5.74, 6) is -3.58. The lowest BCUT2D eigenvalue weighted by Crippen LogP contribution is -2.40. The molecule has 2 aromatic rings. The minimum absolute atomic E-state index is 0.0279. The van der Waals surface area contributed by atoms with Gasteiger partial charge in [-0.2, -0.15) is 0 Å². The molecule has 1 aromatic carbocycles. The number of aromatic nitrogens is 1. The summed E-state index contributed by atoms with van der Waals surface area (Å²) in [6, 6.07) is 6.62. The highest BCUT2D eigenvalue weighted by molar-refractivity contribution is 5.82. The van der Waals surface area contributed by atoms with Crippen molar-refractivity contribution in [2.75, 3.05) is 6.54 Å². The zero-order chi connectivity index (χ0) is 17.9. The van der Waals surface area contributed by atoms with Gasteiger partial charge in [0.1, 0.15) is 5.75 Å². The monoisotopic (exact) mass is 351 g/mol. The Labute approximate surface area is 142 Å². The van der Waals surface area contributed by atoms with Crippen molar-refractivity contribution < 1.29 is 22.7 Å². The third-order valence-electron chi connectivity index (χ3n) is 3.75. The highest BCUT2D eigenvalue weighted by Crippen LogP contribution is 2.26. The van der Waals surface area contributed by atoms with E-state index in [1.54, 1.807) is 24.4 Å². The summed E-state index contributed by atoms with van der Waals surface area (Å²) in [7, 11) is 0. The van der Waals surface area contributed by atoms with E-state index in [4.69, 9.17) is 4.74 Å². The lowest BCUT2D eigenvalue weighted by molar-refractivity contribution is -0.123. The highest BCUT2D eigenvalue weighted by atomic mass is 19.3. The van der Waals surface area contributed by atoms with Gasteiger partial charge in [-0.1, -0.05) is 6.07 Å². The number of benzene rings is 1. The maximum atomic E-state index is 14.1. The van der Waals surface area contributed by atoms with Crippen molar-refractivity contribution in [1.82, 2.24) is 15.6 Å². The number of carbonyl (C=O) groups is 1. The summed E-state index contributed by atoms with van der Waals surface area (Å²) in [4.78, 5) is 15.7. The molecule has 8 heteroatoms. The molecule has 25 heavy (non-hydrogen) atoms.